The second kappa shape index (κ2) is 6.79. The Hall–Kier alpha value is -2.11. The predicted octanol–water partition coefficient (Wildman–Crippen LogP) is 4.75. The van der Waals surface area contributed by atoms with Gasteiger partial charge >= 0.3 is 0 Å². The summed E-state index contributed by atoms with van der Waals surface area (Å²) in [5.74, 6) is 1.50. The number of rotatable bonds is 5. The van der Waals surface area contributed by atoms with E-state index in [4.69, 9.17) is 9.15 Å². The molecule has 2 aromatic heterocycles. The first kappa shape index (κ1) is 15.4. The highest BCUT2D eigenvalue weighted by Gasteiger charge is 2.27. The minimum Gasteiger partial charge on any atom is -0.497 e. The summed E-state index contributed by atoms with van der Waals surface area (Å²) >= 11 is 1.77. The largest absolute Gasteiger partial charge is 0.497 e. The molecule has 5 heteroatoms. The second-order valence-corrected chi connectivity index (χ2v) is 6.84. The van der Waals surface area contributed by atoms with Crippen LogP contribution in [0.1, 0.15) is 30.1 Å². The number of methoxy groups -OCH3 is 1. The number of hydrogen-bond donors (Lipinski definition) is 0. The molecule has 3 aromatic rings. The fraction of sp³-hybridized carbons (Fsp3) is 0.316. The number of thiophene rings is 1. The molecule has 0 amide bonds. The van der Waals surface area contributed by atoms with Gasteiger partial charge in [0.05, 0.1) is 12.8 Å². The molecule has 1 aliphatic heterocycles. The van der Waals surface area contributed by atoms with E-state index >= 15 is 0 Å². The molecule has 0 spiro atoms. The van der Waals surface area contributed by atoms with Crippen molar-refractivity contribution < 1.29 is 9.15 Å². The van der Waals surface area contributed by atoms with E-state index in [1.54, 1.807) is 24.7 Å². The topological polar surface area (TPSA) is 38.5 Å². The lowest BCUT2D eigenvalue weighted by molar-refractivity contribution is 0.246. The van der Waals surface area contributed by atoms with Crippen LogP contribution in [0.4, 0.5) is 0 Å². The first-order valence-electron chi connectivity index (χ1n) is 8.18. The summed E-state index contributed by atoms with van der Waals surface area (Å²) in [5.41, 5.74) is 3.39. The summed E-state index contributed by atoms with van der Waals surface area (Å²) in [4.78, 5) is 7.17. The second-order valence-electron chi connectivity index (χ2n) is 6.06. The molecule has 1 atom stereocenters. The van der Waals surface area contributed by atoms with Crippen molar-refractivity contribution >= 4 is 11.3 Å². The maximum atomic E-state index is 5.68. The van der Waals surface area contributed by atoms with Crippen molar-refractivity contribution in [2.45, 2.75) is 25.4 Å². The average Bonchev–Trinajstić information content (AvgIpc) is 3.37. The van der Waals surface area contributed by atoms with Crippen molar-refractivity contribution in [2.75, 3.05) is 13.7 Å². The first-order chi connectivity index (χ1) is 11.8. The van der Waals surface area contributed by atoms with Crippen LogP contribution < -0.4 is 4.74 Å². The Morgan fingerprint density at radius 3 is 2.92 bits per heavy atom. The summed E-state index contributed by atoms with van der Waals surface area (Å²) in [6.07, 6.45) is 4.24. The molecule has 0 saturated carbocycles. The van der Waals surface area contributed by atoms with Gasteiger partial charge in [-0.3, -0.25) is 4.90 Å². The van der Waals surface area contributed by atoms with Gasteiger partial charge in [0.1, 0.15) is 12.0 Å². The fourth-order valence-electron chi connectivity index (χ4n) is 3.31. The van der Waals surface area contributed by atoms with Crippen molar-refractivity contribution in [3.05, 3.63) is 58.6 Å². The van der Waals surface area contributed by atoms with Crippen molar-refractivity contribution in [1.29, 1.82) is 0 Å². The summed E-state index contributed by atoms with van der Waals surface area (Å²) in [7, 11) is 1.66. The third-order valence-corrected chi connectivity index (χ3v) is 5.25. The van der Waals surface area contributed by atoms with Crippen LogP contribution in [-0.2, 0) is 6.54 Å². The van der Waals surface area contributed by atoms with Gasteiger partial charge in [0.15, 0.2) is 0 Å². The number of oxazole rings is 1. The van der Waals surface area contributed by atoms with Crippen molar-refractivity contribution in [3.63, 3.8) is 0 Å². The maximum absolute atomic E-state index is 5.68. The van der Waals surface area contributed by atoms with Crippen molar-refractivity contribution in [2.24, 2.45) is 0 Å². The van der Waals surface area contributed by atoms with Crippen LogP contribution in [0.5, 0.6) is 5.75 Å². The lowest BCUT2D eigenvalue weighted by Gasteiger charge is -2.22. The third kappa shape index (κ3) is 3.09. The van der Waals surface area contributed by atoms with E-state index in [2.05, 4.69) is 26.7 Å². The monoisotopic (exact) mass is 340 g/mol. The molecular formula is C19H20N2O2S. The van der Waals surface area contributed by atoms with Gasteiger partial charge in [0.25, 0.3) is 0 Å². The van der Waals surface area contributed by atoms with E-state index in [-0.39, 0.29) is 0 Å². The molecule has 0 unspecified atom stereocenters. The molecule has 0 bridgehead atoms. The molecule has 3 heterocycles. The Morgan fingerprint density at radius 2 is 2.17 bits per heavy atom. The minimum absolute atomic E-state index is 0.511. The highest BCUT2D eigenvalue weighted by Crippen LogP contribution is 2.34. The highest BCUT2D eigenvalue weighted by molar-refractivity contribution is 7.07. The quantitative estimate of drug-likeness (QED) is 0.672. The first-order valence-corrected chi connectivity index (χ1v) is 9.13. The Morgan fingerprint density at radius 1 is 1.29 bits per heavy atom. The van der Waals surface area contributed by atoms with E-state index in [9.17, 15) is 0 Å². The zero-order valence-corrected chi connectivity index (χ0v) is 14.5. The summed E-state index contributed by atoms with van der Waals surface area (Å²) in [6.45, 7) is 1.95. The SMILES string of the molecule is COc1ccc(-c2nc(CN3CCC[C@@H]3c3ccsc3)co2)cc1. The van der Waals surface area contributed by atoms with E-state index in [1.165, 1.54) is 18.4 Å². The van der Waals surface area contributed by atoms with Crippen LogP contribution in [0, 0.1) is 0 Å². The van der Waals surface area contributed by atoms with Gasteiger partial charge in [-0.05, 0) is 66.0 Å². The minimum atomic E-state index is 0.511. The Bertz CT molecular complexity index is 780. The van der Waals surface area contributed by atoms with Crippen LogP contribution >= 0.6 is 11.3 Å². The number of likely N-dealkylation sites (tertiary alicyclic amines) is 1. The molecule has 1 aromatic carbocycles. The maximum Gasteiger partial charge on any atom is 0.226 e. The number of nitrogens with zero attached hydrogens (tertiary/aromatic N) is 2. The zero-order valence-electron chi connectivity index (χ0n) is 13.6. The number of ether oxygens (including phenoxy) is 1. The van der Waals surface area contributed by atoms with E-state index in [0.29, 0.717) is 11.9 Å². The highest BCUT2D eigenvalue weighted by atomic mass is 32.1. The van der Waals surface area contributed by atoms with E-state index in [0.717, 1.165) is 30.1 Å². The Balaban J connectivity index is 1.48. The molecule has 1 fully saturated rings. The van der Waals surface area contributed by atoms with Gasteiger partial charge in [0, 0.05) is 18.2 Å². The van der Waals surface area contributed by atoms with Gasteiger partial charge in [-0.2, -0.15) is 11.3 Å². The van der Waals surface area contributed by atoms with Crippen molar-refractivity contribution in [3.8, 4) is 17.2 Å². The smallest absolute Gasteiger partial charge is 0.226 e. The third-order valence-electron chi connectivity index (χ3n) is 4.55. The molecule has 0 aliphatic carbocycles. The molecule has 24 heavy (non-hydrogen) atoms. The van der Waals surface area contributed by atoms with Gasteiger partial charge in [-0.15, -0.1) is 0 Å². The lowest BCUT2D eigenvalue weighted by atomic mass is 10.1. The van der Waals surface area contributed by atoms with Crippen LogP contribution in [0.2, 0.25) is 0 Å². The molecule has 1 aliphatic rings. The fourth-order valence-corrected chi connectivity index (χ4v) is 4.02. The Kier molecular flexibility index (Phi) is 4.36. The summed E-state index contributed by atoms with van der Waals surface area (Å²) in [6, 6.07) is 10.5. The molecule has 4 nitrogen and oxygen atoms in total. The van der Waals surface area contributed by atoms with Gasteiger partial charge in [0.2, 0.25) is 5.89 Å². The van der Waals surface area contributed by atoms with Crippen molar-refractivity contribution in [1.82, 2.24) is 9.88 Å². The average molecular weight is 340 g/mol. The number of hydrogen-bond acceptors (Lipinski definition) is 5. The van der Waals surface area contributed by atoms with Crippen LogP contribution in [0.25, 0.3) is 11.5 Å². The molecular weight excluding hydrogens is 320 g/mol. The summed E-state index contributed by atoms with van der Waals surface area (Å²) < 4.78 is 10.9. The molecule has 1 saturated heterocycles. The van der Waals surface area contributed by atoms with E-state index < -0.39 is 0 Å². The Labute approximate surface area is 145 Å². The molecule has 0 radical (unpaired) electrons. The van der Waals surface area contributed by atoms with Crippen LogP contribution in [-0.4, -0.2) is 23.5 Å². The molecule has 4 rings (SSSR count). The lowest BCUT2D eigenvalue weighted by Crippen LogP contribution is -2.22. The zero-order chi connectivity index (χ0) is 16.4. The molecule has 124 valence electrons. The van der Waals surface area contributed by atoms with Gasteiger partial charge in [-0.25, -0.2) is 4.98 Å². The van der Waals surface area contributed by atoms with Crippen LogP contribution in [0.15, 0.2) is 51.8 Å². The van der Waals surface area contributed by atoms with Crippen LogP contribution in [0.3, 0.4) is 0 Å². The van der Waals surface area contributed by atoms with E-state index in [1.807, 2.05) is 24.3 Å². The number of benzene rings is 1. The van der Waals surface area contributed by atoms with Gasteiger partial charge < -0.3 is 9.15 Å². The molecule has 0 N–H and O–H groups in total. The van der Waals surface area contributed by atoms with Gasteiger partial charge in [-0.1, -0.05) is 0 Å². The normalized spacial score (nSPS) is 18.1. The standard InChI is InChI=1S/C19H20N2O2S/c1-22-17-6-4-14(5-7-17)19-20-16(12-23-19)11-21-9-2-3-18(21)15-8-10-24-13-15/h4-8,10,12-13,18H,2-3,9,11H2,1H3/t18-/m1/s1. The summed E-state index contributed by atoms with van der Waals surface area (Å²) in [5, 5.41) is 4.41. The number of aromatic nitrogens is 1. The predicted molar refractivity (Wildman–Crippen MR) is 95.2 cm³/mol.